The molecule has 6 nitrogen and oxygen atoms in total. The second-order valence-electron chi connectivity index (χ2n) is 5.64. The number of hydrogen-bond donors (Lipinski definition) is 3. The molecule has 1 aromatic carbocycles. The number of aromatic nitrogens is 1. The molecule has 1 aromatic heterocycles. The first-order valence-electron chi connectivity index (χ1n) is 7.20. The van der Waals surface area contributed by atoms with Crippen molar-refractivity contribution in [3.8, 4) is 0 Å². The fourth-order valence-corrected chi connectivity index (χ4v) is 2.54. The summed E-state index contributed by atoms with van der Waals surface area (Å²) in [5, 5.41) is 12.4. The van der Waals surface area contributed by atoms with Crippen LogP contribution < -0.4 is 10.9 Å². The van der Waals surface area contributed by atoms with Crippen LogP contribution in [0.5, 0.6) is 0 Å². The minimum absolute atomic E-state index is 0.196. The van der Waals surface area contributed by atoms with Gasteiger partial charge in [-0.05, 0) is 18.4 Å². The maximum Gasteiger partial charge on any atom is 0.326 e. The highest BCUT2D eigenvalue weighted by molar-refractivity contribution is 6.06. The molecule has 3 N–H and O–H groups in total. The van der Waals surface area contributed by atoms with Crippen molar-refractivity contribution >= 4 is 22.8 Å². The topological polar surface area (TPSA) is 99.3 Å². The van der Waals surface area contributed by atoms with Crippen LogP contribution in [0.4, 0.5) is 0 Å². The molecule has 0 radical (unpaired) electrons. The monoisotopic (exact) mass is 300 g/mol. The third-order valence-electron chi connectivity index (χ3n) is 3.86. The molecule has 0 bridgehead atoms. The van der Waals surface area contributed by atoms with Gasteiger partial charge in [0.1, 0.15) is 6.04 Å². The van der Waals surface area contributed by atoms with Gasteiger partial charge in [0.2, 0.25) is 5.56 Å². The van der Waals surface area contributed by atoms with Crippen LogP contribution in [-0.2, 0) is 4.79 Å². The van der Waals surface area contributed by atoms with Crippen LogP contribution in [0, 0.1) is 5.92 Å². The van der Waals surface area contributed by atoms with E-state index < -0.39 is 23.5 Å². The summed E-state index contributed by atoms with van der Waals surface area (Å²) in [4.78, 5) is 38.0. The number of rotatable bonds is 5. The molecule has 1 aliphatic rings. The molecule has 0 aliphatic heterocycles. The Morgan fingerprint density at radius 3 is 2.73 bits per heavy atom. The summed E-state index contributed by atoms with van der Waals surface area (Å²) in [7, 11) is 0. The maximum atomic E-state index is 12.4. The van der Waals surface area contributed by atoms with E-state index in [1.54, 1.807) is 24.3 Å². The molecule has 1 atom stereocenters. The van der Waals surface area contributed by atoms with Crippen LogP contribution in [0.2, 0.25) is 0 Å². The summed E-state index contributed by atoms with van der Waals surface area (Å²) < 4.78 is 0. The highest BCUT2D eigenvalue weighted by Gasteiger charge is 2.30. The third kappa shape index (κ3) is 3.00. The lowest BCUT2D eigenvalue weighted by Gasteiger charge is -2.14. The van der Waals surface area contributed by atoms with Crippen molar-refractivity contribution in [2.45, 2.75) is 25.3 Å². The predicted octanol–water partition coefficient (Wildman–Crippen LogP) is 1.51. The van der Waals surface area contributed by atoms with Crippen LogP contribution in [0.1, 0.15) is 29.6 Å². The number of carbonyl (C=O) groups is 2. The molecule has 0 spiro atoms. The SMILES string of the molecule is O=C(NC(CC1CC1)C(=O)O)c1cc(=O)[nH]c2ccccc12. The quantitative estimate of drug-likeness (QED) is 0.779. The van der Waals surface area contributed by atoms with Crippen molar-refractivity contribution in [3.05, 3.63) is 46.2 Å². The van der Waals surface area contributed by atoms with E-state index in [2.05, 4.69) is 10.3 Å². The van der Waals surface area contributed by atoms with Gasteiger partial charge in [-0.2, -0.15) is 0 Å². The highest BCUT2D eigenvalue weighted by Crippen LogP contribution is 2.33. The standard InChI is InChI=1S/C16H16N2O4/c19-14-8-11(10-3-1-2-4-12(10)17-14)15(20)18-13(16(21)22)7-9-5-6-9/h1-4,8-9,13H,5-7H2,(H,17,19)(H,18,20)(H,21,22). The summed E-state index contributed by atoms with van der Waals surface area (Å²) in [6.45, 7) is 0. The molecule has 1 aliphatic carbocycles. The molecule has 1 unspecified atom stereocenters. The van der Waals surface area contributed by atoms with Crippen molar-refractivity contribution in [1.82, 2.24) is 10.3 Å². The fraction of sp³-hybridized carbons (Fsp3) is 0.312. The number of fused-ring (bicyclic) bond motifs is 1. The Labute approximate surface area is 126 Å². The number of hydrogen-bond acceptors (Lipinski definition) is 3. The molecule has 3 rings (SSSR count). The molecular weight excluding hydrogens is 284 g/mol. The number of carboxylic acids is 1. The Morgan fingerprint density at radius 2 is 2.05 bits per heavy atom. The zero-order valence-electron chi connectivity index (χ0n) is 11.8. The lowest BCUT2D eigenvalue weighted by atomic mass is 10.1. The number of carboxylic acid groups (broad SMARTS) is 1. The molecule has 1 amide bonds. The first-order valence-corrected chi connectivity index (χ1v) is 7.20. The summed E-state index contributed by atoms with van der Waals surface area (Å²) in [5.41, 5.74) is 0.355. The number of benzene rings is 1. The Bertz CT molecular complexity index is 792. The summed E-state index contributed by atoms with van der Waals surface area (Å²) in [6.07, 6.45) is 2.45. The molecule has 1 saturated carbocycles. The van der Waals surface area contributed by atoms with Crippen LogP contribution in [-0.4, -0.2) is 28.0 Å². The highest BCUT2D eigenvalue weighted by atomic mass is 16.4. The van der Waals surface area contributed by atoms with E-state index in [0.29, 0.717) is 23.2 Å². The number of aromatic amines is 1. The average Bonchev–Trinajstić information content (AvgIpc) is 3.29. The largest absolute Gasteiger partial charge is 0.480 e. The van der Waals surface area contributed by atoms with E-state index in [9.17, 15) is 19.5 Å². The van der Waals surface area contributed by atoms with E-state index in [1.807, 2.05) is 0 Å². The summed E-state index contributed by atoms with van der Waals surface area (Å²) >= 11 is 0. The van der Waals surface area contributed by atoms with Gasteiger partial charge >= 0.3 is 5.97 Å². The molecule has 22 heavy (non-hydrogen) atoms. The lowest BCUT2D eigenvalue weighted by molar-refractivity contribution is -0.139. The predicted molar refractivity (Wildman–Crippen MR) is 80.8 cm³/mol. The maximum absolute atomic E-state index is 12.4. The second kappa shape index (κ2) is 5.63. The molecule has 6 heteroatoms. The summed E-state index contributed by atoms with van der Waals surface area (Å²) in [6, 6.07) is 7.22. The molecule has 1 fully saturated rings. The molecule has 2 aromatic rings. The van der Waals surface area contributed by atoms with E-state index in [4.69, 9.17) is 0 Å². The lowest BCUT2D eigenvalue weighted by Crippen LogP contribution is -2.41. The third-order valence-corrected chi connectivity index (χ3v) is 3.86. The van der Waals surface area contributed by atoms with Gasteiger partial charge in [-0.3, -0.25) is 9.59 Å². The van der Waals surface area contributed by atoms with Gasteiger partial charge in [0.25, 0.3) is 5.91 Å². The van der Waals surface area contributed by atoms with Gasteiger partial charge in [-0.15, -0.1) is 0 Å². The van der Waals surface area contributed by atoms with E-state index in [0.717, 1.165) is 12.8 Å². The average molecular weight is 300 g/mol. The number of aliphatic carboxylic acids is 1. The van der Waals surface area contributed by atoms with E-state index in [-0.39, 0.29) is 5.56 Å². The number of amides is 1. The molecular formula is C16H16N2O4. The first-order chi connectivity index (χ1) is 10.5. The zero-order valence-corrected chi connectivity index (χ0v) is 11.8. The van der Waals surface area contributed by atoms with Gasteiger partial charge in [-0.1, -0.05) is 31.0 Å². The Morgan fingerprint density at radius 1 is 1.32 bits per heavy atom. The van der Waals surface area contributed by atoms with Gasteiger partial charge in [-0.25, -0.2) is 4.79 Å². The molecule has 0 saturated heterocycles. The van der Waals surface area contributed by atoms with Crippen LogP contribution >= 0.6 is 0 Å². The number of para-hydroxylation sites is 1. The van der Waals surface area contributed by atoms with Crippen molar-refractivity contribution in [2.24, 2.45) is 5.92 Å². The summed E-state index contributed by atoms with van der Waals surface area (Å²) in [5.74, 6) is -1.21. The first kappa shape index (κ1) is 14.3. The minimum Gasteiger partial charge on any atom is -0.480 e. The zero-order chi connectivity index (χ0) is 15.7. The van der Waals surface area contributed by atoms with Crippen molar-refractivity contribution in [3.63, 3.8) is 0 Å². The van der Waals surface area contributed by atoms with Crippen LogP contribution in [0.25, 0.3) is 10.9 Å². The number of nitrogens with one attached hydrogen (secondary N) is 2. The Balaban J connectivity index is 1.90. The number of pyridine rings is 1. The smallest absolute Gasteiger partial charge is 0.326 e. The fourth-order valence-electron chi connectivity index (χ4n) is 2.54. The van der Waals surface area contributed by atoms with Crippen molar-refractivity contribution in [1.29, 1.82) is 0 Å². The van der Waals surface area contributed by atoms with Crippen LogP contribution in [0.15, 0.2) is 35.1 Å². The van der Waals surface area contributed by atoms with Gasteiger partial charge < -0.3 is 15.4 Å². The van der Waals surface area contributed by atoms with E-state index >= 15 is 0 Å². The second-order valence-corrected chi connectivity index (χ2v) is 5.64. The molecule has 114 valence electrons. The van der Waals surface area contributed by atoms with E-state index in [1.165, 1.54) is 6.07 Å². The molecule has 1 heterocycles. The van der Waals surface area contributed by atoms with Gasteiger partial charge in [0, 0.05) is 17.0 Å². The Hall–Kier alpha value is -2.63. The van der Waals surface area contributed by atoms with Crippen LogP contribution in [0.3, 0.4) is 0 Å². The van der Waals surface area contributed by atoms with Crippen molar-refractivity contribution < 1.29 is 14.7 Å². The minimum atomic E-state index is -1.05. The van der Waals surface area contributed by atoms with Gasteiger partial charge in [0.05, 0.1) is 5.56 Å². The van der Waals surface area contributed by atoms with Crippen molar-refractivity contribution in [2.75, 3.05) is 0 Å². The number of carbonyl (C=O) groups excluding carboxylic acids is 1. The number of H-pyrrole nitrogens is 1. The van der Waals surface area contributed by atoms with Gasteiger partial charge in [0.15, 0.2) is 0 Å². The normalized spacial score (nSPS) is 15.5. The Kier molecular flexibility index (Phi) is 3.66.